The molecule has 9 rings (SSSR count). The molecule has 276 valence electrons. The van der Waals surface area contributed by atoms with Gasteiger partial charge >= 0.3 is 0 Å². The molecular weight excluding hydrogens is 691 g/mol. The molecular formula is C54H45N3. The van der Waals surface area contributed by atoms with Crippen molar-refractivity contribution in [3.63, 3.8) is 0 Å². The molecule has 0 bridgehead atoms. The Bertz CT molecular complexity index is 2880. The minimum Gasteiger partial charge on any atom is -0.312 e. The average molecular weight is 736 g/mol. The van der Waals surface area contributed by atoms with Crippen LogP contribution in [0.2, 0.25) is 0 Å². The van der Waals surface area contributed by atoms with E-state index in [1.165, 1.54) is 60.7 Å². The highest BCUT2D eigenvalue weighted by atomic mass is 14.9. The van der Waals surface area contributed by atoms with Crippen LogP contribution in [0.15, 0.2) is 204 Å². The minimum absolute atomic E-state index is 0.593. The summed E-state index contributed by atoms with van der Waals surface area (Å²) < 4.78 is 2.48. The molecule has 3 nitrogen and oxygen atoms in total. The number of hydrogen-bond donors (Lipinski definition) is 0. The van der Waals surface area contributed by atoms with Crippen LogP contribution in [-0.4, -0.2) is 17.0 Å². The Morgan fingerprint density at radius 1 is 0.526 bits per heavy atom. The number of aryl methyl sites for hydroxylation is 1. The van der Waals surface area contributed by atoms with Crippen LogP contribution in [0.4, 0.5) is 0 Å². The number of rotatable bonds is 8. The van der Waals surface area contributed by atoms with E-state index in [9.17, 15) is 0 Å². The molecule has 0 aliphatic heterocycles. The molecule has 2 aromatic heterocycles. The number of allylic oxidation sites excluding steroid dienone is 1. The lowest BCUT2D eigenvalue weighted by Crippen LogP contribution is -1.98. The van der Waals surface area contributed by atoms with Gasteiger partial charge in [-0.05, 0) is 71.5 Å². The third kappa shape index (κ3) is 7.24. The first-order valence-electron chi connectivity index (χ1n) is 19.7. The monoisotopic (exact) mass is 735 g/mol. The zero-order valence-electron chi connectivity index (χ0n) is 32.7. The average Bonchev–Trinajstić information content (AvgIpc) is 3.64. The summed E-state index contributed by atoms with van der Waals surface area (Å²) in [5.41, 5.74) is 14.8. The van der Waals surface area contributed by atoms with Crippen LogP contribution in [0, 0.1) is 6.92 Å². The first-order chi connectivity index (χ1) is 28.2. The summed E-state index contributed by atoms with van der Waals surface area (Å²) in [4.78, 5) is 9.52. The summed E-state index contributed by atoms with van der Waals surface area (Å²) >= 11 is 0. The highest BCUT2D eigenvalue weighted by Crippen LogP contribution is 2.44. The molecule has 2 heterocycles. The van der Waals surface area contributed by atoms with Crippen LogP contribution in [0.1, 0.15) is 36.2 Å². The Morgan fingerprint density at radius 3 is 1.77 bits per heavy atom. The molecule has 0 saturated carbocycles. The molecule has 0 fully saturated rings. The molecule has 0 N–H and O–H groups in total. The molecule has 7 aromatic carbocycles. The molecule has 0 saturated heterocycles. The number of pyridine rings is 1. The van der Waals surface area contributed by atoms with Crippen molar-refractivity contribution in [3.8, 4) is 33.4 Å². The van der Waals surface area contributed by atoms with Crippen molar-refractivity contribution >= 4 is 45.4 Å². The lowest BCUT2D eigenvalue weighted by atomic mass is 9.92. The molecule has 0 aliphatic carbocycles. The lowest BCUT2D eigenvalue weighted by molar-refractivity contribution is 1.16. The summed E-state index contributed by atoms with van der Waals surface area (Å²) in [6.07, 6.45) is 2.93. The Labute approximate surface area is 335 Å². The maximum Gasteiger partial charge on any atom is 0.159 e. The Hall–Kier alpha value is -7.10. The van der Waals surface area contributed by atoms with Gasteiger partial charge in [-0.15, -0.1) is 0 Å². The minimum atomic E-state index is 0.593. The van der Waals surface area contributed by atoms with Gasteiger partial charge in [-0.25, -0.2) is 9.98 Å². The largest absolute Gasteiger partial charge is 0.312 e. The number of benzene rings is 7. The van der Waals surface area contributed by atoms with Crippen molar-refractivity contribution in [2.75, 3.05) is 0 Å². The van der Waals surface area contributed by atoms with Gasteiger partial charge in [0.2, 0.25) is 0 Å². The van der Waals surface area contributed by atoms with Gasteiger partial charge in [0.1, 0.15) is 0 Å². The Kier molecular flexibility index (Phi) is 10.8. The fraction of sp³-hybridized carbons (Fsp3) is 0.0741. The van der Waals surface area contributed by atoms with Crippen LogP contribution in [0.3, 0.4) is 0 Å². The summed E-state index contributed by atoms with van der Waals surface area (Å²) in [7, 11) is 0. The summed E-state index contributed by atoms with van der Waals surface area (Å²) in [6, 6.07) is 66.7. The van der Waals surface area contributed by atoms with Crippen molar-refractivity contribution in [1.82, 2.24) is 4.40 Å². The second kappa shape index (κ2) is 16.7. The number of para-hydroxylation sites is 1. The molecule has 3 heteroatoms. The van der Waals surface area contributed by atoms with Gasteiger partial charge in [0.25, 0.3) is 0 Å². The predicted molar refractivity (Wildman–Crippen MR) is 245 cm³/mol. The van der Waals surface area contributed by atoms with Crippen molar-refractivity contribution in [2.24, 2.45) is 9.98 Å². The molecule has 0 spiro atoms. The van der Waals surface area contributed by atoms with Gasteiger partial charge in [0.15, 0.2) is 5.84 Å². The third-order valence-electron chi connectivity index (χ3n) is 10.5. The van der Waals surface area contributed by atoms with Crippen LogP contribution in [0.25, 0.3) is 66.3 Å². The first-order valence-corrected chi connectivity index (χ1v) is 19.7. The van der Waals surface area contributed by atoms with Crippen LogP contribution >= 0.6 is 0 Å². The quantitative estimate of drug-likeness (QED) is 0.110. The number of aromatic nitrogens is 1. The number of amidine groups is 1. The van der Waals surface area contributed by atoms with Gasteiger partial charge < -0.3 is 4.40 Å². The SMILES string of the molecule is C=NC(=N/C(=C\Cc1ccccc1)c1cccc(-c2ccc3c(-c4ccccc4)c(C)n4c5ccccc5c(-c5ccccc5)c4c3c2)c1)c1ccccc1.CC. The van der Waals surface area contributed by atoms with Crippen molar-refractivity contribution < 1.29 is 0 Å². The van der Waals surface area contributed by atoms with Crippen LogP contribution in [0.5, 0.6) is 0 Å². The zero-order valence-corrected chi connectivity index (χ0v) is 32.7. The van der Waals surface area contributed by atoms with E-state index in [0.29, 0.717) is 5.84 Å². The highest BCUT2D eigenvalue weighted by Gasteiger charge is 2.22. The second-order valence-corrected chi connectivity index (χ2v) is 13.8. The highest BCUT2D eigenvalue weighted by molar-refractivity contribution is 6.18. The normalized spacial score (nSPS) is 11.8. The first kappa shape index (κ1) is 36.9. The number of hydrogen-bond acceptors (Lipinski definition) is 1. The maximum absolute atomic E-state index is 5.15. The van der Waals surface area contributed by atoms with Crippen LogP contribution < -0.4 is 0 Å². The van der Waals surface area contributed by atoms with E-state index in [0.717, 1.165) is 34.4 Å². The maximum atomic E-state index is 5.15. The smallest absolute Gasteiger partial charge is 0.159 e. The third-order valence-corrected chi connectivity index (χ3v) is 10.5. The van der Waals surface area contributed by atoms with Gasteiger partial charge in [0, 0.05) is 38.7 Å². The van der Waals surface area contributed by atoms with E-state index < -0.39 is 0 Å². The molecule has 0 amide bonds. The number of nitrogens with zero attached hydrogens (tertiary/aromatic N) is 3. The lowest BCUT2D eigenvalue weighted by Gasteiger charge is -2.17. The summed E-state index contributed by atoms with van der Waals surface area (Å²) in [5.74, 6) is 0.593. The molecule has 0 atom stereocenters. The molecule has 9 aromatic rings. The molecule has 0 aliphatic rings. The summed E-state index contributed by atoms with van der Waals surface area (Å²) in [5, 5.41) is 3.68. The fourth-order valence-corrected chi connectivity index (χ4v) is 7.96. The van der Waals surface area contributed by atoms with Crippen molar-refractivity contribution in [2.45, 2.75) is 27.2 Å². The molecule has 57 heavy (non-hydrogen) atoms. The van der Waals surface area contributed by atoms with Crippen LogP contribution in [-0.2, 0) is 6.42 Å². The molecule has 0 unspecified atom stereocenters. The summed E-state index contributed by atoms with van der Waals surface area (Å²) in [6.45, 7) is 10.2. The van der Waals surface area contributed by atoms with Gasteiger partial charge in [-0.1, -0.05) is 190 Å². The fourth-order valence-electron chi connectivity index (χ4n) is 7.96. The van der Waals surface area contributed by atoms with E-state index >= 15 is 0 Å². The standard InChI is InChI=1S/C52H39N3.C2H6/c1-36-49(38-20-9-4-10-21-38)44-32-31-42(35-46(44)51-50(39-22-11-5-12-23-39)45-28-15-16-29-48(45)55(36)51)41-26-17-27-43(34-41)47(33-30-37-18-7-3-8-19-37)54-52(53-2)40-24-13-6-14-25-40;1-2/h3-29,31-35H,2,30H2,1H3;1-2H3/b47-33-,54-52?;. The van der Waals surface area contributed by atoms with E-state index in [-0.39, 0.29) is 0 Å². The van der Waals surface area contributed by atoms with E-state index in [4.69, 9.17) is 4.99 Å². The Balaban J connectivity index is 0.00000224. The van der Waals surface area contributed by atoms with Crippen molar-refractivity contribution in [1.29, 1.82) is 0 Å². The zero-order chi connectivity index (χ0) is 39.1. The number of aliphatic imine (C=N–C) groups is 2. The Morgan fingerprint density at radius 2 is 1.09 bits per heavy atom. The number of fused-ring (bicyclic) bond motifs is 5. The van der Waals surface area contributed by atoms with Gasteiger partial charge in [0.05, 0.1) is 16.7 Å². The van der Waals surface area contributed by atoms with Gasteiger partial charge in [-0.3, -0.25) is 0 Å². The topological polar surface area (TPSA) is 29.1 Å². The molecule has 0 radical (unpaired) electrons. The van der Waals surface area contributed by atoms with E-state index in [1.54, 1.807) is 0 Å². The van der Waals surface area contributed by atoms with E-state index in [1.807, 2.05) is 50.2 Å². The predicted octanol–water partition coefficient (Wildman–Crippen LogP) is 14.3. The second-order valence-electron chi connectivity index (χ2n) is 13.8. The van der Waals surface area contributed by atoms with Gasteiger partial charge in [-0.2, -0.15) is 0 Å². The van der Waals surface area contributed by atoms with E-state index in [2.05, 4.69) is 181 Å². The van der Waals surface area contributed by atoms with Crippen molar-refractivity contribution in [3.05, 3.63) is 217 Å².